The van der Waals surface area contributed by atoms with Crippen molar-refractivity contribution in [1.82, 2.24) is 15.1 Å². The van der Waals surface area contributed by atoms with Crippen LogP contribution in [0.3, 0.4) is 0 Å². The van der Waals surface area contributed by atoms with Gasteiger partial charge in [-0.15, -0.1) is 0 Å². The Balaban J connectivity index is 1.60. The van der Waals surface area contributed by atoms with Gasteiger partial charge in [0.2, 0.25) is 11.8 Å². The first-order valence-electron chi connectivity index (χ1n) is 7.91. The number of piperidine rings is 1. The van der Waals surface area contributed by atoms with E-state index >= 15 is 0 Å². The average molecular weight is 279 g/mol. The van der Waals surface area contributed by atoms with E-state index in [1.54, 1.807) is 4.90 Å². The molecule has 0 aromatic carbocycles. The molecule has 0 bridgehead atoms. The van der Waals surface area contributed by atoms with Crippen molar-refractivity contribution in [2.24, 2.45) is 5.41 Å². The smallest absolute Gasteiger partial charge is 0.242 e. The predicted octanol–water partition coefficient (Wildman–Crippen LogP) is 0.599. The molecule has 3 fully saturated rings. The van der Waals surface area contributed by atoms with E-state index < -0.39 is 0 Å². The van der Waals surface area contributed by atoms with Crippen LogP contribution in [0.4, 0.5) is 0 Å². The van der Waals surface area contributed by atoms with Crippen LogP contribution in [0.1, 0.15) is 39.0 Å². The molecule has 0 aromatic rings. The lowest BCUT2D eigenvalue weighted by atomic mass is 9.78. The summed E-state index contributed by atoms with van der Waals surface area (Å²) in [5, 5.41) is 3.35. The fraction of sp³-hybridized carbons (Fsp3) is 0.867. The number of nitrogens with one attached hydrogen (secondary N) is 1. The fourth-order valence-corrected chi connectivity index (χ4v) is 3.70. The van der Waals surface area contributed by atoms with Gasteiger partial charge in [0.15, 0.2) is 0 Å². The van der Waals surface area contributed by atoms with E-state index in [9.17, 15) is 9.59 Å². The lowest BCUT2D eigenvalue weighted by molar-refractivity contribution is -0.138. The number of likely N-dealkylation sites (N-methyl/N-ethyl adjacent to an activating group) is 1. The van der Waals surface area contributed by atoms with Gasteiger partial charge in [-0.05, 0) is 51.1 Å². The van der Waals surface area contributed by atoms with Crippen LogP contribution in [-0.4, -0.2) is 60.4 Å². The molecular weight excluding hydrogens is 254 g/mol. The van der Waals surface area contributed by atoms with Crippen molar-refractivity contribution >= 4 is 11.8 Å². The Morgan fingerprint density at radius 2 is 2.10 bits per heavy atom. The molecule has 2 aliphatic heterocycles. The summed E-state index contributed by atoms with van der Waals surface area (Å²) in [6.07, 6.45) is 5.01. The molecular formula is C15H25N3O2. The fourth-order valence-electron chi connectivity index (χ4n) is 3.70. The highest BCUT2D eigenvalue weighted by molar-refractivity contribution is 5.86. The largest absolute Gasteiger partial charge is 0.338 e. The Morgan fingerprint density at radius 3 is 2.70 bits per heavy atom. The van der Waals surface area contributed by atoms with Crippen molar-refractivity contribution in [3.05, 3.63) is 0 Å². The molecule has 1 spiro atoms. The van der Waals surface area contributed by atoms with Gasteiger partial charge in [-0.25, -0.2) is 0 Å². The maximum atomic E-state index is 12.3. The standard InChI is InChI=1S/C15H25N3O2/c1-2-18(12-3-4-12)14(20)10-17-11-15(9-13(17)19)5-7-16-8-6-15/h12,16H,2-11H2,1H3. The Labute approximate surface area is 120 Å². The van der Waals surface area contributed by atoms with E-state index in [1.165, 1.54) is 0 Å². The molecule has 112 valence electrons. The van der Waals surface area contributed by atoms with E-state index in [-0.39, 0.29) is 17.2 Å². The van der Waals surface area contributed by atoms with Crippen LogP contribution < -0.4 is 5.32 Å². The minimum Gasteiger partial charge on any atom is -0.338 e. The van der Waals surface area contributed by atoms with Gasteiger partial charge in [-0.3, -0.25) is 9.59 Å². The molecule has 1 aliphatic carbocycles. The molecule has 0 aromatic heterocycles. The summed E-state index contributed by atoms with van der Waals surface area (Å²) >= 11 is 0. The number of hydrogen-bond donors (Lipinski definition) is 1. The first-order chi connectivity index (χ1) is 9.63. The molecule has 3 aliphatic rings. The van der Waals surface area contributed by atoms with Crippen molar-refractivity contribution in [3.8, 4) is 0 Å². The number of rotatable bonds is 4. The van der Waals surface area contributed by atoms with Gasteiger partial charge in [0.1, 0.15) is 0 Å². The van der Waals surface area contributed by atoms with Crippen molar-refractivity contribution in [1.29, 1.82) is 0 Å². The first-order valence-corrected chi connectivity index (χ1v) is 7.91. The Bertz CT molecular complexity index is 400. The number of nitrogens with zero attached hydrogens (tertiary/aromatic N) is 2. The zero-order chi connectivity index (χ0) is 14.2. The van der Waals surface area contributed by atoms with Gasteiger partial charge in [-0.1, -0.05) is 0 Å². The average Bonchev–Trinajstić information content (AvgIpc) is 3.20. The zero-order valence-corrected chi connectivity index (χ0v) is 12.4. The Hall–Kier alpha value is -1.10. The minimum atomic E-state index is 0.134. The van der Waals surface area contributed by atoms with Gasteiger partial charge in [-0.2, -0.15) is 0 Å². The molecule has 1 saturated carbocycles. The van der Waals surface area contributed by atoms with Gasteiger partial charge >= 0.3 is 0 Å². The molecule has 2 heterocycles. The lowest BCUT2D eigenvalue weighted by Gasteiger charge is -2.33. The highest BCUT2D eigenvalue weighted by Gasteiger charge is 2.44. The second-order valence-electron chi connectivity index (χ2n) is 6.59. The van der Waals surface area contributed by atoms with Crippen LogP contribution in [0.15, 0.2) is 0 Å². The Kier molecular flexibility index (Phi) is 3.71. The molecule has 1 N–H and O–H groups in total. The molecule has 20 heavy (non-hydrogen) atoms. The zero-order valence-electron chi connectivity index (χ0n) is 12.4. The quantitative estimate of drug-likeness (QED) is 0.820. The predicted molar refractivity (Wildman–Crippen MR) is 76.1 cm³/mol. The molecule has 0 unspecified atom stereocenters. The van der Waals surface area contributed by atoms with Crippen LogP contribution in [-0.2, 0) is 9.59 Å². The summed E-state index contributed by atoms with van der Waals surface area (Å²) in [4.78, 5) is 28.3. The van der Waals surface area contributed by atoms with E-state index in [4.69, 9.17) is 0 Å². The van der Waals surface area contributed by atoms with Crippen molar-refractivity contribution in [2.45, 2.75) is 45.1 Å². The van der Waals surface area contributed by atoms with E-state index in [0.717, 1.165) is 51.9 Å². The third kappa shape index (κ3) is 2.68. The number of hydrogen-bond acceptors (Lipinski definition) is 3. The third-order valence-electron chi connectivity index (χ3n) is 5.04. The van der Waals surface area contributed by atoms with Crippen molar-refractivity contribution in [2.75, 3.05) is 32.7 Å². The van der Waals surface area contributed by atoms with Crippen LogP contribution in [0.25, 0.3) is 0 Å². The highest BCUT2D eigenvalue weighted by Crippen LogP contribution is 2.39. The van der Waals surface area contributed by atoms with Crippen LogP contribution in [0, 0.1) is 5.41 Å². The van der Waals surface area contributed by atoms with Gasteiger partial charge in [0.25, 0.3) is 0 Å². The molecule has 5 heteroatoms. The Morgan fingerprint density at radius 1 is 1.40 bits per heavy atom. The summed E-state index contributed by atoms with van der Waals surface area (Å²) in [6, 6.07) is 0.443. The highest BCUT2D eigenvalue weighted by atomic mass is 16.2. The molecule has 0 radical (unpaired) electrons. The minimum absolute atomic E-state index is 0.134. The topological polar surface area (TPSA) is 52.7 Å². The van der Waals surface area contributed by atoms with Crippen LogP contribution in [0.2, 0.25) is 0 Å². The van der Waals surface area contributed by atoms with E-state index in [0.29, 0.717) is 19.0 Å². The summed E-state index contributed by atoms with van der Waals surface area (Å²) in [7, 11) is 0. The summed E-state index contributed by atoms with van der Waals surface area (Å²) in [5.41, 5.74) is 0.138. The maximum Gasteiger partial charge on any atom is 0.242 e. The summed E-state index contributed by atoms with van der Waals surface area (Å²) in [6.45, 7) is 5.85. The second kappa shape index (κ2) is 5.35. The number of carbonyl (C=O) groups excluding carboxylic acids is 2. The normalized spacial score (nSPS) is 25.2. The van der Waals surface area contributed by atoms with Crippen molar-refractivity contribution in [3.63, 3.8) is 0 Å². The first kappa shape index (κ1) is 13.9. The molecule has 2 amide bonds. The second-order valence-corrected chi connectivity index (χ2v) is 6.59. The SMILES string of the molecule is CCN(C(=O)CN1CC2(CCNCC2)CC1=O)C1CC1. The van der Waals surface area contributed by atoms with Gasteiger partial charge < -0.3 is 15.1 Å². The van der Waals surface area contributed by atoms with E-state index in [2.05, 4.69) is 5.32 Å². The monoisotopic (exact) mass is 279 g/mol. The molecule has 0 atom stereocenters. The number of carbonyl (C=O) groups is 2. The number of likely N-dealkylation sites (tertiary alicyclic amines) is 1. The maximum absolute atomic E-state index is 12.3. The lowest BCUT2D eigenvalue weighted by Crippen LogP contribution is -2.43. The summed E-state index contributed by atoms with van der Waals surface area (Å²) < 4.78 is 0. The van der Waals surface area contributed by atoms with Gasteiger partial charge in [0.05, 0.1) is 6.54 Å². The third-order valence-corrected chi connectivity index (χ3v) is 5.04. The molecule has 3 rings (SSSR count). The summed E-state index contributed by atoms with van der Waals surface area (Å²) in [5.74, 6) is 0.307. The molecule has 5 nitrogen and oxygen atoms in total. The van der Waals surface area contributed by atoms with Gasteiger partial charge in [0, 0.05) is 25.6 Å². The number of amides is 2. The molecule has 2 saturated heterocycles. The van der Waals surface area contributed by atoms with E-state index in [1.807, 2.05) is 11.8 Å². The van der Waals surface area contributed by atoms with Crippen molar-refractivity contribution < 1.29 is 9.59 Å². The van der Waals surface area contributed by atoms with Crippen LogP contribution in [0.5, 0.6) is 0 Å². The van der Waals surface area contributed by atoms with Crippen LogP contribution >= 0.6 is 0 Å².